The molecule has 1 fully saturated rings. The Bertz CT molecular complexity index is 577. The van der Waals surface area contributed by atoms with Gasteiger partial charge in [0, 0.05) is 38.5 Å². The third kappa shape index (κ3) is 6.22. The Morgan fingerprint density at radius 1 is 1.26 bits per heavy atom. The molecule has 1 saturated heterocycles. The first-order valence-corrected chi connectivity index (χ1v) is 10.3. The van der Waals surface area contributed by atoms with Gasteiger partial charge in [-0.05, 0) is 25.5 Å². The van der Waals surface area contributed by atoms with Gasteiger partial charge in [-0.1, -0.05) is 30.3 Å². The molecule has 1 aromatic carbocycles. The molecule has 0 aliphatic carbocycles. The van der Waals surface area contributed by atoms with Crippen molar-refractivity contribution in [3.05, 3.63) is 35.9 Å². The Morgan fingerprint density at radius 2 is 1.96 bits per heavy atom. The van der Waals surface area contributed by atoms with Crippen molar-refractivity contribution in [3.8, 4) is 0 Å². The van der Waals surface area contributed by atoms with Gasteiger partial charge in [0.2, 0.25) is 0 Å². The monoisotopic (exact) mass is 340 g/mol. The topological polar surface area (TPSA) is 60.9 Å². The van der Waals surface area contributed by atoms with Gasteiger partial charge < -0.3 is 10.0 Å². The zero-order valence-electron chi connectivity index (χ0n) is 14.1. The summed E-state index contributed by atoms with van der Waals surface area (Å²) in [5, 5.41) is 10.4. The highest BCUT2D eigenvalue weighted by molar-refractivity contribution is 7.90. The van der Waals surface area contributed by atoms with E-state index in [-0.39, 0.29) is 5.75 Å². The second-order valence-electron chi connectivity index (χ2n) is 6.55. The first-order valence-electron chi connectivity index (χ1n) is 8.22. The maximum absolute atomic E-state index is 11.2. The van der Waals surface area contributed by atoms with Crippen LogP contribution >= 0.6 is 0 Å². The van der Waals surface area contributed by atoms with Crippen molar-refractivity contribution in [1.29, 1.82) is 0 Å². The number of aliphatic hydroxyl groups is 1. The van der Waals surface area contributed by atoms with Crippen LogP contribution in [-0.4, -0.2) is 74.1 Å². The molecule has 5 nitrogen and oxygen atoms in total. The van der Waals surface area contributed by atoms with Crippen LogP contribution in [0, 0.1) is 0 Å². The fourth-order valence-corrected chi connectivity index (χ4v) is 3.75. The van der Waals surface area contributed by atoms with Gasteiger partial charge in [0.15, 0.2) is 0 Å². The highest BCUT2D eigenvalue weighted by Gasteiger charge is 2.25. The number of rotatable bonds is 7. The number of benzene rings is 1. The third-order valence-electron chi connectivity index (χ3n) is 4.43. The van der Waals surface area contributed by atoms with E-state index >= 15 is 0 Å². The molecule has 1 aliphatic heterocycles. The lowest BCUT2D eigenvalue weighted by atomic mass is 10.1. The summed E-state index contributed by atoms with van der Waals surface area (Å²) in [4.78, 5) is 4.63. The number of aliphatic hydroxyl groups excluding tert-OH is 1. The quantitative estimate of drug-likeness (QED) is 0.807. The lowest BCUT2D eigenvalue weighted by molar-refractivity contribution is 0.0390. The maximum Gasteiger partial charge on any atom is 0.147 e. The van der Waals surface area contributed by atoms with Gasteiger partial charge >= 0.3 is 0 Å². The summed E-state index contributed by atoms with van der Waals surface area (Å²) in [6, 6.07) is 10.1. The predicted molar refractivity (Wildman–Crippen MR) is 93.2 cm³/mol. The van der Waals surface area contributed by atoms with Crippen LogP contribution in [0.1, 0.15) is 25.0 Å². The molecule has 1 heterocycles. The summed E-state index contributed by atoms with van der Waals surface area (Å²) in [6.07, 6.45) is 1.52. The van der Waals surface area contributed by atoms with E-state index in [1.54, 1.807) is 0 Å². The van der Waals surface area contributed by atoms with Crippen molar-refractivity contribution in [2.75, 3.05) is 44.7 Å². The standard InChI is InChI=1S/C17H28N2O3S/c1-15-13-18(9-6-12-23(2,21)22)10-11-19(15)14-17(20)16-7-4-3-5-8-16/h3-5,7-8,15,17,20H,6,9-14H2,1-2H3/t15-,17-/m1/s1. The normalized spacial score (nSPS) is 22.1. The largest absolute Gasteiger partial charge is 0.387 e. The summed E-state index contributed by atoms with van der Waals surface area (Å²) in [5.74, 6) is 0.258. The number of piperazine rings is 1. The molecule has 1 N–H and O–H groups in total. The third-order valence-corrected chi connectivity index (χ3v) is 5.46. The van der Waals surface area contributed by atoms with Gasteiger partial charge in [-0.15, -0.1) is 0 Å². The van der Waals surface area contributed by atoms with Crippen LogP contribution in [0.4, 0.5) is 0 Å². The maximum atomic E-state index is 11.2. The summed E-state index contributed by atoms with van der Waals surface area (Å²) < 4.78 is 22.4. The van der Waals surface area contributed by atoms with Crippen molar-refractivity contribution in [2.45, 2.75) is 25.5 Å². The average molecular weight is 340 g/mol. The molecule has 1 aromatic rings. The molecule has 6 heteroatoms. The van der Waals surface area contributed by atoms with E-state index in [9.17, 15) is 13.5 Å². The summed E-state index contributed by atoms with van der Waals surface area (Å²) >= 11 is 0. The number of nitrogens with zero attached hydrogens (tertiary/aromatic N) is 2. The molecule has 0 radical (unpaired) electrons. The number of sulfone groups is 1. The zero-order valence-corrected chi connectivity index (χ0v) is 14.9. The molecular weight excluding hydrogens is 312 g/mol. The molecule has 0 unspecified atom stereocenters. The molecule has 23 heavy (non-hydrogen) atoms. The molecule has 1 aliphatic rings. The molecule has 2 rings (SSSR count). The van der Waals surface area contributed by atoms with E-state index in [1.807, 2.05) is 30.3 Å². The molecule has 0 saturated carbocycles. The number of hydrogen-bond donors (Lipinski definition) is 1. The Morgan fingerprint density at radius 3 is 2.57 bits per heavy atom. The summed E-state index contributed by atoms with van der Waals surface area (Å²) in [5.41, 5.74) is 0.954. The lowest BCUT2D eigenvalue weighted by Crippen LogP contribution is -2.53. The Hall–Kier alpha value is -0.950. The predicted octanol–water partition coefficient (Wildman–Crippen LogP) is 1.16. The molecule has 0 aromatic heterocycles. The second kappa shape index (κ2) is 8.24. The summed E-state index contributed by atoms with van der Waals surface area (Å²) in [7, 11) is -2.87. The molecule has 2 atom stereocenters. The van der Waals surface area contributed by atoms with Crippen molar-refractivity contribution < 1.29 is 13.5 Å². The van der Waals surface area contributed by atoms with Gasteiger partial charge in [-0.25, -0.2) is 8.42 Å². The fraction of sp³-hybridized carbons (Fsp3) is 0.647. The van der Waals surface area contributed by atoms with Crippen LogP contribution in [0.15, 0.2) is 30.3 Å². The molecular formula is C17H28N2O3S. The molecule has 0 bridgehead atoms. The summed E-state index contributed by atoms with van der Waals surface area (Å²) in [6.45, 7) is 6.39. The molecule has 130 valence electrons. The van der Waals surface area contributed by atoms with Crippen LogP contribution in [0.5, 0.6) is 0 Å². The van der Waals surface area contributed by atoms with E-state index in [2.05, 4.69) is 16.7 Å². The molecule has 0 spiro atoms. The number of hydrogen-bond acceptors (Lipinski definition) is 5. The van der Waals surface area contributed by atoms with E-state index in [0.717, 1.165) is 31.7 Å². The minimum Gasteiger partial charge on any atom is -0.387 e. The Balaban J connectivity index is 1.78. The van der Waals surface area contributed by atoms with Gasteiger partial charge in [0.25, 0.3) is 0 Å². The van der Waals surface area contributed by atoms with Gasteiger partial charge in [0.1, 0.15) is 9.84 Å². The first-order chi connectivity index (χ1) is 10.8. The van der Waals surface area contributed by atoms with Crippen LogP contribution in [0.3, 0.4) is 0 Å². The van der Waals surface area contributed by atoms with E-state index in [4.69, 9.17) is 0 Å². The van der Waals surface area contributed by atoms with Crippen molar-refractivity contribution >= 4 is 9.84 Å². The lowest BCUT2D eigenvalue weighted by Gasteiger charge is -2.40. The number of β-amino-alcohol motifs (C(OH)–C–C–N with tert-alkyl or cyclic N) is 1. The second-order valence-corrected chi connectivity index (χ2v) is 8.81. The Labute approximate surface area is 139 Å². The van der Waals surface area contributed by atoms with Gasteiger partial charge in [0.05, 0.1) is 11.9 Å². The van der Waals surface area contributed by atoms with E-state index in [1.165, 1.54) is 6.26 Å². The smallest absolute Gasteiger partial charge is 0.147 e. The highest BCUT2D eigenvalue weighted by Crippen LogP contribution is 2.17. The minimum absolute atomic E-state index is 0.258. The van der Waals surface area contributed by atoms with Crippen LogP contribution in [-0.2, 0) is 9.84 Å². The average Bonchev–Trinajstić information content (AvgIpc) is 2.49. The van der Waals surface area contributed by atoms with Gasteiger partial charge in [-0.3, -0.25) is 4.90 Å². The van der Waals surface area contributed by atoms with Crippen molar-refractivity contribution in [3.63, 3.8) is 0 Å². The van der Waals surface area contributed by atoms with Crippen molar-refractivity contribution in [2.24, 2.45) is 0 Å². The highest BCUT2D eigenvalue weighted by atomic mass is 32.2. The minimum atomic E-state index is -2.87. The SMILES string of the molecule is C[C@@H]1CN(CCCS(C)(=O)=O)CCN1C[C@@H](O)c1ccccc1. The van der Waals surface area contributed by atoms with Crippen molar-refractivity contribution in [1.82, 2.24) is 9.80 Å². The van der Waals surface area contributed by atoms with Crippen LogP contribution < -0.4 is 0 Å². The van der Waals surface area contributed by atoms with Crippen LogP contribution in [0.2, 0.25) is 0 Å². The first kappa shape index (κ1) is 18.4. The van der Waals surface area contributed by atoms with E-state index < -0.39 is 15.9 Å². The van der Waals surface area contributed by atoms with Gasteiger partial charge in [-0.2, -0.15) is 0 Å². The molecule has 0 amide bonds. The fourth-order valence-electron chi connectivity index (χ4n) is 3.10. The van der Waals surface area contributed by atoms with E-state index in [0.29, 0.717) is 19.0 Å². The Kier molecular flexibility index (Phi) is 6.59. The van der Waals surface area contributed by atoms with Crippen LogP contribution in [0.25, 0.3) is 0 Å². The zero-order chi connectivity index (χ0) is 16.9.